The Morgan fingerprint density at radius 2 is 1.74 bits per heavy atom. The molecule has 0 saturated heterocycles. The molecule has 4 rings (SSSR count). The Kier molecular flexibility index (Phi) is 7.12. The number of fused-ring (bicyclic) bond motifs is 2. The second kappa shape index (κ2) is 10.2. The summed E-state index contributed by atoms with van der Waals surface area (Å²) in [6, 6.07) is 16.5. The van der Waals surface area contributed by atoms with Gasteiger partial charge in [-0.15, -0.1) is 0 Å². The number of para-hydroxylation sites is 3. The van der Waals surface area contributed by atoms with Crippen LogP contribution in [0.3, 0.4) is 0 Å². The molecule has 0 saturated carbocycles. The van der Waals surface area contributed by atoms with Gasteiger partial charge in [0.05, 0.1) is 25.0 Å². The van der Waals surface area contributed by atoms with Gasteiger partial charge in [-0.3, -0.25) is 0 Å². The van der Waals surface area contributed by atoms with Crippen LogP contribution in [0.2, 0.25) is 0 Å². The Balaban J connectivity index is 1.65. The minimum Gasteiger partial charge on any atom is -0.491 e. The number of aromatic nitrogens is 1. The van der Waals surface area contributed by atoms with Crippen LogP contribution in [0, 0.1) is 0 Å². The van der Waals surface area contributed by atoms with Crippen molar-refractivity contribution in [2.45, 2.75) is 38.0 Å². The predicted octanol–water partition coefficient (Wildman–Crippen LogP) is 3.49. The number of benzene rings is 2. The SMILES string of the molecule is Cn1cc(CN2CC[C@H](O)[C@H](O)COCCCCOc3ccccc32)c2ccccc21. The Morgan fingerprint density at radius 3 is 2.65 bits per heavy atom. The van der Waals surface area contributed by atoms with Crippen LogP contribution in [0.25, 0.3) is 10.9 Å². The lowest BCUT2D eigenvalue weighted by Gasteiger charge is -2.29. The van der Waals surface area contributed by atoms with Crippen LogP contribution in [0.1, 0.15) is 24.8 Å². The van der Waals surface area contributed by atoms with Gasteiger partial charge in [-0.2, -0.15) is 0 Å². The number of aliphatic hydroxyl groups excluding tert-OH is 2. The topological polar surface area (TPSA) is 67.1 Å². The van der Waals surface area contributed by atoms with Gasteiger partial charge in [0.15, 0.2) is 0 Å². The fourth-order valence-corrected chi connectivity index (χ4v) is 4.17. The second-order valence-corrected chi connectivity index (χ2v) is 8.23. The monoisotopic (exact) mass is 424 g/mol. The lowest BCUT2D eigenvalue weighted by Crippen LogP contribution is -2.35. The molecule has 1 aliphatic rings. The van der Waals surface area contributed by atoms with Crippen molar-refractivity contribution < 1.29 is 19.7 Å². The Bertz CT molecular complexity index is 987. The van der Waals surface area contributed by atoms with Gasteiger partial charge in [0, 0.05) is 43.8 Å². The third-order valence-corrected chi connectivity index (χ3v) is 5.91. The molecule has 166 valence electrons. The molecule has 0 unspecified atom stereocenters. The highest BCUT2D eigenvalue weighted by Crippen LogP contribution is 2.32. The summed E-state index contributed by atoms with van der Waals surface area (Å²) in [6.45, 7) is 2.60. The van der Waals surface area contributed by atoms with Gasteiger partial charge in [0.2, 0.25) is 0 Å². The highest BCUT2D eigenvalue weighted by atomic mass is 16.5. The van der Waals surface area contributed by atoms with Crippen molar-refractivity contribution in [1.29, 1.82) is 0 Å². The van der Waals surface area contributed by atoms with Gasteiger partial charge < -0.3 is 29.2 Å². The van der Waals surface area contributed by atoms with Crippen LogP contribution < -0.4 is 9.64 Å². The van der Waals surface area contributed by atoms with E-state index in [0.717, 1.165) is 24.3 Å². The summed E-state index contributed by atoms with van der Waals surface area (Å²) in [5.41, 5.74) is 3.41. The molecule has 0 radical (unpaired) electrons. The molecule has 31 heavy (non-hydrogen) atoms. The fraction of sp³-hybridized carbons (Fsp3) is 0.440. The van der Waals surface area contributed by atoms with Crippen LogP contribution in [-0.4, -0.2) is 53.4 Å². The Morgan fingerprint density at radius 1 is 0.968 bits per heavy atom. The Hall–Kier alpha value is -2.54. The van der Waals surface area contributed by atoms with E-state index in [2.05, 4.69) is 53.0 Å². The average molecular weight is 425 g/mol. The van der Waals surface area contributed by atoms with Crippen LogP contribution >= 0.6 is 0 Å². The molecule has 6 nitrogen and oxygen atoms in total. The van der Waals surface area contributed by atoms with E-state index in [1.54, 1.807) is 0 Å². The molecule has 6 heteroatoms. The van der Waals surface area contributed by atoms with E-state index in [4.69, 9.17) is 9.47 Å². The first-order valence-electron chi connectivity index (χ1n) is 11.1. The molecule has 0 spiro atoms. The smallest absolute Gasteiger partial charge is 0.142 e. The first-order valence-corrected chi connectivity index (χ1v) is 11.1. The number of aryl methyl sites for hydroxylation is 1. The largest absolute Gasteiger partial charge is 0.491 e. The molecule has 3 aromatic rings. The van der Waals surface area contributed by atoms with E-state index < -0.39 is 12.2 Å². The van der Waals surface area contributed by atoms with E-state index in [1.165, 1.54) is 16.5 Å². The van der Waals surface area contributed by atoms with E-state index in [1.807, 2.05) is 18.2 Å². The second-order valence-electron chi connectivity index (χ2n) is 8.23. The number of hydrogen-bond acceptors (Lipinski definition) is 5. The molecular weight excluding hydrogens is 392 g/mol. The quantitative estimate of drug-likeness (QED) is 0.659. The molecule has 2 N–H and O–H groups in total. The predicted molar refractivity (Wildman–Crippen MR) is 123 cm³/mol. The van der Waals surface area contributed by atoms with Crippen molar-refractivity contribution >= 4 is 16.6 Å². The van der Waals surface area contributed by atoms with Crippen LogP contribution in [0.4, 0.5) is 5.69 Å². The average Bonchev–Trinajstić information content (AvgIpc) is 3.11. The van der Waals surface area contributed by atoms with E-state index in [-0.39, 0.29) is 6.61 Å². The maximum atomic E-state index is 10.5. The molecule has 0 fully saturated rings. The minimum atomic E-state index is -0.881. The number of aliphatic hydroxyl groups is 2. The van der Waals surface area contributed by atoms with Crippen molar-refractivity contribution in [2.75, 3.05) is 31.3 Å². The zero-order chi connectivity index (χ0) is 21.6. The summed E-state index contributed by atoms with van der Waals surface area (Å²) in [5, 5.41) is 22.0. The molecule has 0 aliphatic carbocycles. The number of rotatable bonds is 2. The molecule has 2 heterocycles. The molecule has 1 aromatic heterocycles. The fourth-order valence-electron chi connectivity index (χ4n) is 4.17. The van der Waals surface area contributed by atoms with Gasteiger partial charge >= 0.3 is 0 Å². The van der Waals surface area contributed by atoms with E-state index >= 15 is 0 Å². The van der Waals surface area contributed by atoms with Crippen LogP contribution in [0.15, 0.2) is 54.7 Å². The summed E-state index contributed by atoms with van der Waals surface area (Å²) in [7, 11) is 2.06. The van der Waals surface area contributed by atoms with Crippen molar-refractivity contribution in [3.05, 3.63) is 60.3 Å². The van der Waals surface area contributed by atoms with Crippen molar-refractivity contribution in [3.8, 4) is 5.75 Å². The number of nitrogens with zero attached hydrogens (tertiary/aromatic N) is 2. The molecule has 0 amide bonds. The van der Waals surface area contributed by atoms with E-state index in [9.17, 15) is 10.2 Å². The normalized spacial score (nSPS) is 21.3. The minimum absolute atomic E-state index is 0.155. The molecule has 0 bridgehead atoms. The van der Waals surface area contributed by atoms with Crippen molar-refractivity contribution in [3.63, 3.8) is 0 Å². The summed E-state index contributed by atoms with van der Waals surface area (Å²) < 4.78 is 13.8. The summed E-state index contributed by atoms with van der Waals surface area (Å²) in [5.74, 6) is 0.843. The molecule has 2 atom stereocenters. The summed E-state index contributed by atoms with van der Waals surface area (Å²) >= 11 is 0. The lowest BCUT2D eigenvalue weighted by atomic mass is 10.1. The van der Waals surface area contributed by atoms with Crippen molar-refractivity contribution in [2.24, 2.45) is 7.05 Å². The summed E-state index contributed by atoms with van der Waals surface area (Å²) in [4.78, 5) is 2.24. The first kappa shape index (κ1) is 21.7. The molecule has 1 aliphatic heterocycles. The zero-order valence-corrected chi connectivity index (χ0v) is 18.1. The van der Waals surface area contributed by atoms with Crippen LogP contribution in [0.5, 0.6) is 5.75 Å². The third kappa shape index (κ3) is 5.21. The number of hydrogen-bond donors (Lipinski definition) is 2. The van der Waals surface area contributed by atoms with Crippen LogP contribution in [-0.2, 0) is 18.3 Å². The van der Waals surface area contributed by atoms with Gasteiger partial charge in [0.1, 0.15) is 11.9 Å². The Labute approximate surface area is 183 Å². The van der Waals surface area contributed by atoms with E-state index in [0.29, 0.717) is 32.7 Å². The maximum absolute atomic E-state index is 10.5. The number of ether oxygens (including phenoxy) is 2. The van der Waals surface area contributed by atoms with Crippen molar-refractivity contribution in [1.82, 2.24) is 4.57 Å². The zero-order valence-electron chi connectivity index (χ0n) is 18.1. The van der Waals surface area contributed by atoms with Gasteiger partial charge in [-0.25, -0.2) is 0 Å². The van der Waals surface area contributed by atoms with Gasteiger partial charge in [-0.1, -0.05) is 30.3 Å². The lowest BCUT2D eigenvalue weighted by molar-refractivity contribution is -0.0405. The molecule has 2 aromatic carbocycles. The standard InChI is InChI=1S/C25H32N2O4/c1-26-16-19(20-8-2-3-9-21(20)26)17-27-13-12-23(28)24(29)18-30-14-6-7-15-31-25-11-5-4-10-22(25)27/h2-5,8-11,16,23-24,28-29H,6-7,12-15,17-18H2,1H3/t23-,24+/m0/s1. The first-order chi connectivity index (χ1) is 15.1. The number of anilines is 1. The highest BCUT2D eigenvalue weighted by Gasteiger charge is 2.21. The molecular formula is C25H32N2O4. The van der Waals surface area contributed by atoms with Gasteiger partial charge in [-0.05, 0) is 43.0 Å². The van der Waals surface area contributed by atoms with Gasteiger partial charge in [0.25, 0.3) is 0 Å². The third-order valence-electron chi connectivity index (χ3n) is 5.91. The maximum Gasteiger partial charge on any atom is 0.142 e. The highest BCUT2D eigenvalue weighted by molar-refractivity contribution is 5.84. The summed E-state index contributed by atoms with van der Waals surface area (Å²) in [6.07, 6.45) is 2.60.